The summed E-state index contributed by atoms with van der Waals surface area (Å²) in [6, 6.07) is 9.24. The fraction of sp³-hybridized carbons (Fsp3) is 0.0769. The molecule has 6 heteroatoms. The Bertz CT molecular complexity index is 843. The van der Waals surface area contributed by atoms with E-state index >= 15 is 0 Å². The molecular formula is C13H8N4OS. The molecule has 0 saturated carbocycles. The second-order valence-electron chi connectivity index (χ2n) is 4.00. The number of benzene rings is 1. The lowest BCUT2D eigenvalue weighted by Gasteiger charge is -2.05. The number of aromatic nitrogens is 3. The molecule has 3 aromatic rings. The topological polar surface area (TPSA) is 71.6 Å². The van der Waals surface area contributed by atoms with Gasteiger partial charge in [-0.25, -0.2) is 9.97 Å². The first kappa shape index (κ1) is 11.6. The Hall–Kier alpha value is -2.52. The van der Waals surface area contributed by atoms with Crippen LogP contribution in [0.4, 0.5) is 0 Å². The molecule has 0 unspecified atom stereocenters. The van der Waals surface area contributed by atoms with E-state index in [0.717, 1.165) is 5.56 Å². The van der Waals surface area contributed by atoms with Crippen molar-refractivity contribution in [3.05, 3.63) is 57.6 Å². The molecule has 2 heterocycles. The molecule has 0 saturated heterocycles. The predicted molar refractivity (Wildman–Crippen MR) is 71.9 cm³/mol. The average Bonchev–Trinajstić information content (AvgIpc) is 2.91. The number of hydrogen-bond acceptors (Lipinski definition) is 5. The van der Waals surface area contributed by atoms with Crippen LogP contribution >= 0.6 is 11.3 Å². The van der Waals surface area contributed by atoms with Crippen LogP contribution in [0, 0.1) is 11.3 Å². The summed E-state index contributed by atoms with van der Waals surface area (Å²) in [4.78, 5) is 21.0. The summed E-state index contributed by atoms with van der Waals surface area (Å²) in [7, 11) is 0. The molecule has 92 valence electrons. The van der Waals surface area contributed by atoms with Gasteiger partial charge in [0.1, 0.15) is 0 Å². The van der Waals surface area contributed by atoms with Crippen molar-refractivity contribution in [3.8, 4) is 6.07 Å². The Morgan fingerprint density at radius 1 is 1.37 bits per heavy atom. The summed E-state index contributed by atoms with van der Waals surface area (Å²) >= 11 is 1.34. The molecule has 3 rings (SSSR count). The van der Waals surface area contributed by atoms with E-state index in [4.69, 9.17) is 5.26 Å². The SMILES string of the molecule is N#Cc1cccc(Cn2cnc3scnc3c2=O)c1. The molecule has 2 aromatic heterocycles. The summed E-state index contributed by atoms with van der Waals surface area (Å²) in [5, 5.41) is 8.86. The van der Waals surface area contributed by atoms with Crippen molar-refractivity contribution in [2.24, 2.45) is 0 Å². The Morgan fingerprint density at radius 3 is 3.11 bits per heavy atom. The first-order valence-corrected chi connectivity index (χ1v) is 6.43. The van der Waals surface area contributed by atoms with Gasteiger partial charge < -0.3 is 0 Å². The summed E-state index contributed by atoms with van der Waals surface area (Å²) < 4.78 is 1.50. The van der Waals surface area contributed by atoms with Gasteiger partial charge >= 0.3 is 0 Å². The monoisotopic (exact) mass is 268 g/mol. The van der Waals surface area contributed by atoms with E-state index in [0.29, 0.717) is 22.5 Å². The van der Waals surface area contributed by atoms with Gasteiger partial charge in [-0.1, -0.05) is 12.1 Å². The fourth-order valence-electron chi connectivity index (χ4n) is 1.84. The van der Waals surface area contributed by atoms with Crippen LogP contribution in [0.3, 0.4) is 0 Å². The molecule has 0 N–H and O–H groups in total. The molecule has 0 amide bonds. The molecule has 0 radical (unpaired) electrons. The van der Waals surface area contributed by atoms with Gasteiger partial charge in [-0.2, -0.15) is 5.26 Å². The van der Waals surface area contributed by atoms with Crippen molar-refractivity contribution in [3.63, 3.8) is 0 Å². The summed E-state index contributed by atoms with van der Waals surface area (Å²) in [5.41, 5.74) is 3.31. The highest BCUT2D eigenvalue weighted by Gasteiger charge is 2.07. The first-order valence-electron chi connectivity index (χ1n) is 5.55. The van der Waals surface area contributed by atoms with Gasteiger partial charge in [0.2, 0.25) is 0 Å². The Morgan fingerprint density at radius 2 is 2.26 bits per heavy atom. The van der Waals surface area contributed by atoms with E-state index in [1.54, 1.807) is 23.7 Å². The Labute approximate surface area is 112 Å². The maximum atomic E-state index is 12.2. The molecule has 0 aliphatic rings. The van der Waals surface area contributed by atoms with Crippen LogP contribution < -0.4 is 5.56 Å². The van der Waals surface area contributed by atoms with Gasteiger partial charge in [0.15, 0.2) is 10.3 Å². The Kier molecular flexibility index (Phi) is 2.82. The minimum atomic E-state index is -0.159. The number of fused-ring (bicyclic) bond motifs is 1. The predicted octanol–water partition coefficient (Wildman–Crippen LogP) is 1.77. The zero-order valence-electron chi connectivity index (χ0n) is 9.78. The van der Waals surface area contributed by atoms with Crippen LogP contribution in [0.5, 0.6) is 0 Å². The van der Waals surface area contributed by atoms with Crippen LogP contribution in [-0.2, 0) is 6.54 Å². The largest absolute Gasteiger partial charge is 0.293 e. The number of hydrogen-bond donors (Lipinski definition) is 0. The van der Waals surface area contributed by atoms with Gasteiger partial charge in [0, 0.05) is 0 Å². The third-order valence-electron chi connectivity index (χ3n) is 2.74. The van der Waals surface area contributed by atoms with Crippen LogP contribution in [0.25, 0.3) is 10.3 Å². The van der Waals surface area contributed by atoms with E-state index in [9.17, 15) is 4.79 Å². The highest BCUT2D eigenvalue weighted by atomic mass is 32.1. The average molecular weight is 268 g/mol. The second-order valence-corrected chi connectivity index (χ2v) is 4.83. The smallest absolute Gasteiger partial charge is 0.281 e. The standard InChI is InChI=1S/C13H8N4OS/c14-5-9-2-1-3-10(4-9)6-17-7-15-12-11(13(17)18)16-8-19-12/h1-4,7-8H,6H2. The molecule has 19 heavy (non-hydrogen) atoms. The molecule has 0 aliphatic heterocycles. The van der Waals surface area contributed by atoms with Crippen molar-refractivity contribution < 1.29 is 0 Å². The minimum absolute atomic E-state index is 0.159. The van der Waals surface area contributed by atoms with Crippen molar-refractivity contribution >= 4 is 21.7 Å². The van der Waals surface area contributed by atoms with Crippen LogP contribution in [0.2, 0.25) is 0 Å². The first-order chi connectivity index (χ1) is 9.28. The number of rotatable bonds is 2. The molecule has 0 aliphatic carbocycles. The zero-order chi connectivity index (χ0) is 13.2. The molecule has 1 aromatic carbocycles. The highest BCUT2D eigenvalue weighted by Crippen LogP contribution is 2.10. The highest BCUT2D eigenvalue weighted by molar-refractivity contribution is 7.16. The maximum absolute atomic E-state index is 12.2. The van der Waals surface area contributed by atoms with Crippen molar-refractivity contribution in [2.75, 3.05) is 0 Å². The minimum Gasteiger partial charge on any atom is -0.293 e. The molecule has 0 fully saturated rings. The fourth-order valence-corrected chi connectivity index (χ4v) is 2.46. The van der Waals surface area contributed by atoms with Gasteiger partial charge in [0.05, 0.1) is 30.0 Å². The maximum Gasteiger partial charge on any atom is 0.281 e. The third kappa shape index (κ3) is 2.11. The van der Waals surface area contributed by atoms with Crippen molar-refractivity contribution in [1.29, 1.82) is 5.26 Å². The van der Waals surface area contributed by atoms with E-state index in [2.05, 4.69) is 16.0 Å². The second kappa shape index (κ2) is 4.63. The van der Waals surface area contributed by atoms with Gasteiger partial charge in [-0.3, -0.25) is 9.36 Å². The number of thiazole rings is 1. The van der Waals surface area contributed by atoms with Gasteiger partial charge in [-0.05, 0) is 17.7 Å². The van der Waals surface area contributed by atoms with Crippen molar-refractivity contribution in [2.45, 2.75) is 6.54 Å². The number of nitrogens with zero attached hydrogens (tertiary/aromatic N) is 4. The quantitative estimate of drug-likeness (QED) is 0.710. The molecule has 0 spiro atoms. The lowest BCUT2D eigenvalue weighted by Crippen LogP contribution is -2.21. The molecule has 5 nitrogen and oxygen atoms in total. The lowest BCUT2D eigenvalue weighted by molar-refractivity contribution is 0.747. The van der Waals surface area contributed by atoms with Gasteiger partial charge in [0.25, 0.3) is 5.56 Å². The van der Waals surface area contributed by atoms with Crippen LogP contribution in [-0.4, -0.2) is 14.5 Å². The summed E-state index contributed by atoms with van der Waals surface area (Å²) in [6.07, 6.45) is 1.52. The summed E-state index contributed by atoms with van der Waals surface area (Å²) in [5.74, 6) is 0. The van der Waals surface area contributed by atoms with E-state index < -0.39 is 0 Å². The molecular weight excluding hydrogens is 260 g/mol. The number of nitriles is 1. The zero-order valence-corrected chi connectivity index (χ0v) is 10.6. The van der Waals surface area contributed by atoms with Crippen LogP contribution in [0.1, 0.15) is 11.1 Å². The third-order valence-corrected chi connectivity index (χ3v) is 3.47. The Balaban J connectivity index is 2.03. The van der Waals surface area contributed by atoms with E-state index in [1.807, 2.05) is 6.07 Å². The van der Waals surface area contributed by atoms with Crippen molar-refractivity contribution in [1.82, 2.24) is 14.5 Å². The molecule has 0 atom stereocenters. The lowest BCUT2D eigenvalue weighted by atomic mass is 10.1. The molecule has 0 bridgehead atoms. The summed E-state index contributed by atoms with van der Waals surface area (Å²) in [6.45, 7) is 0.384. The van der Waals surface area contributed by atoms with Gasteiger partial charge in [-0.15, -0.1) is 11.3 Å². The van der Waals surface area contributed by atoms with E-state index in [-0.39, 0.29) is 5.56 Å². The normalized spacial score (nSPS) is 10.5. The van der Waals surface area contributed by atoms with Crippen LogP contribution in [0.15, 0.2) is 40.9 Å². The van der Waals surface area contributed by atoms with E-state index in [1.165, 1.54) is 22.2 Å².